The Morgan fingerprint density at radius 1 is 1.19 bits per heavy atom. The van der Waals surface area contributed by atoms with Crippen LogP contribution in [0.2, 0.25) is 0 Å². The van der Waals surface area contributed by atoms with Crippen LogP contribution >= 0.6 is 0 Å². The Kier molecular flexibility index (Phi) is 3.64. The molecule has 1 N–H and O–H groups in total. The number of carbonyl (C=O) groups is 1. The molecule has 0 spiro atoms. The number of amides is 1. The molecule has 0 aromatic carbocycles. The van der Waals surface area contributed by atoms with Crippen molar-refractivity contribution in [3.8, 4) is 0 Å². The van der Waals surface area contributed by atoms with Crippen LogP contribution in [0, 0.1) is 0 Å². The van der Waals surface area contributed by atoms with Gasteiger partial charge < -0.3 is 0 Å². The van der Waals surface area contributed by atoms with Gasteiger partial charge in [0.25, 0.3) is 5.91 Å². The van der Waals surface area contributed by atoms with E-state index in [4.69, 9.17) is 0 Å². The number of nitrogens with zero attached hydrogens (tertiary/aromatic N) is 2. The van der Waals surface area contributed by atoms with E-state index in [0.29, 0.717) is 5.56 Å². The minimum absolute atomic E-state index is 0.166. The van der Waals surface area contributed by atoms with Gasteiger partial charge in [-0.2, -0.15) is 5.10 Å². The number of carbonyl (C=O) groups excluding carboxylic acids is 1. The molecule has 1 aliphatic rings. The molecule has 0 unspecified atom stereocenters. The lowest BCUT2D eigenvalue weighted by molar-refractivity contribution is 0.0954. The van der Waals surface area contributed by atoms with Crippen LogP contribution in [0.3, 0.4) is 0 Å². The Hall–Kier alpha value is -1.71. The van der Waals surface area contributed by atoms with Crippen LogP contribution in [0.4, 0.5) is 0 Å². The maximum atomic E-state index is 11.6. The van der Waals surface area contributed by atoms with E-state index in [1.807, 2.05) is 0 Å². The zero-order chi connectivity index (χ0) is 11.2. The molecule has 0 radical (unpaired) electrons. The number of aromatic nitrogens is 1. The highest BCUT2D eigenvalue weighted by molar-refractivity contribution is 5.95. The van der Waals surface area contributed by atoms with Crippen molar-refractivity contribution in [3.05, 3.63) is 30.1 Å². The molecule has 1 amide bonds. The molecule has 1 aliphatic carbocycles. The second-order valence-corrected chi connectivity index (χ2v) is 3.92. The number of hydrogen-bond acceptors (Lipinski definition) is 3. The third-order valence-corrected chi connectivity index (χ3v) is 2.69. The van der Waals surface area contributed by atoms with Crippen LogP contribution < -0.4 is 5.43 Å². The lowest BCUT2D eigenvalue weighted by Gasteiger charge is -2.11. The van der Waals surface area contributed by atoms with Gasteiger partial charge in [-0.1, -0.05) is 6.42 Å². The van der Waals surface area contributed by atoms with E-state index in [9.17, 15) is 4.79 Å². The first-order valence-electron chi connectivity index (χ1n) is 5.62. The molecule has 0 atom stereocenters. The molecule has 4 heteroatoms. The van der Waals surface area contributed by atoms with E-state index in [1.54, 1.807) is 24.5 Å². The predicted molar refractivity (Wildman–Crippen MR) is 62.2 cm³/mol. The Labute approximate surface area is 94.8 Å². The number of pyridine rings is 1. The highest BCUT2D eigenvalue weighted by Crippen LogP contribution is 2.14. The molecule has 0 saturated heterocycles. The lowest BCUT2D eigenvalue weighted by Crippen LogP contribution is -2.20. The van der Waals surface area contributed by atoms with Crippen molar-refractivity contribution in [2.45, 2.75) is 32.1 Å². The van der Waals surface area contributed by atoms with Crippen LogP contribution in [0.1, 0.15) is 42.5 Å². The fourth-order valence-corrected chi connectivity index (χ4v) is 1.77. The summed E-state index contributed by atoms with van der Waals surface area (Å²) < 4.78 is 0. The summed E-state index contributed by atoms with van der Waals surface area (Å²) in [5.74, 6) is -0.166. The molecule has 1 aromatic rings. The summed E-state index contributed by atoms with van der Waals surface area (Å²) >= 11 is 0. The first-order valence-corrected chi connectivity index (χ1v) is 5.62. The van der Waals surface area contributed by atoms with Crippen molar-refractivity contribution < 1.29 is 4.79 Å². The van der Waals surface area contributed by atoms with E-state index in [-0.39, 0.29) is 5.91 Å². The predicted octanol–water partition coefficient (Wildman–Crippen LogP) is 2.13. The summed E-state index contributed by atoms with van der Waals surface area (Å²) in [5, 5.41) is 4.16. The molecule has 1 saturated carbocycles. The largest absolute Gasteiger partial charge is 0.271 e. The van der Waals surface area contributed by atoms with Gasteiger partial charge in [0.05, 0.1) is 0 Å². The summed E-state index contributed by atoms with van der Waals surface area (Å²) in [7, 11) is 0. The Morgan fingerprint density at radius 2 is 1.88 bits per heavy atom. The quantitative estimate of drug-likeness (QED) is 0.771. The average molecular weight is 217 g/mol. The molecule has 1 aromatic heterocycles. The maximum Gasteiger partial charge on any atom is 0.271 e. The van der Waals surface area contributed by atoms with E-state index in [0.717, 1.165) is 18.6 Å². The third kappa shape index (κ3) is 2.89. The van der Waals surface area contributed by atoms with Gasteiger partial charge >= 0.3 is 0 Å². The topological polar surface area (TPSA) is 54.4 Å². The van der Waals surface area contributed by atoms with Gasteiger partial charge in [0, 0.05) is 23.7 Å². The third-order valence-electron chi connectivity index (χ3n) is 2.69. The number of hydrogen-bond donors (Lipinski definition) is 1. The Morgan fingerprint density at radius 3 is 2.56 bits per heavy atom. The molecular weight excluding hydrogens is 202 g/mol. The van der Waals surface area contributed by atoms with Crippen molar-refractivity contribution in [2.24, 2.45) is 5.10 Å². The summed E-state index contributed by atoms with van der Waals surface area (Å²) in [6.45, 7) is 0. The zero-order valence-electron chi connectivity index (χ0n) is 9.15. The van der Waals surface area contributed by atoms with E-state index < -0.39 is 0 Å². The first-order chi connectivity index (χ1) is 7.86. The SMILES string of the molecule is O=C(NN=C1CCCCC1)c1ccncc1. The fourth-order valence-electron chi connectivity index (χ4n) is 1.77. The average Bonchev–Trinajstić information content (AvgIpc) is 2.38. The normalized spacial score (nSPS) is 15.6. The highest BCUT2D eigenvalue weighted by atomic mass is 16.2. The van der Waals surface area contributed by atoms with Gasteiger partial charge in [0.2, 0.25) is 0 Å². The minimum atomic E-state index is -0.166. The molecule has 84 valence electrons. The summed E-state index contributed by atoms with van der Waals surface area (Å²) in [6.07, 6.45) is 8.86. The summed E-state index contributed by atoms with van der Waals surface area (Å²) in [5.41, 5.74) is 4.29. The van der Waals surface area contributed by atoms with Crippen LogP contribution in [0.15, 0.2) is 29.6 Å². The van der Waals surface area contributed by atoms with Gasteiger partial charge in [-0.25, -0.2) is 5.43 Å². The van der Waals surface area contributed by atoms with Crippen molar-refractivity contribution in [3.63, 3.8) is 0 Å². The molecular formula is C12H15N3O. The smallest absolute Gasteiger partial charge is 0.267 e. The van der Waals surface area contributed by atoms with Crippen molar-refractivity contribution in [2.75, 3.05) is 0 Å². The molecule has 4 nitrogen and oxygen atoms in total. The molecule has 2 rings (SSSR count). The lowest BCUT2D eigenvalue weighted by atomic mass is 9.99. The van der Waals surface area contributed by atoms with Crippen LogP contribution in [-0.2, 0) is 0 Å². The molecule has 0 aliphatic heterocycles. The number of nitrogens with one attached hydrogen (secondary N) is 1. The van der Waals surface area contributed by atoms with E-state index >= 15 is 0 Å². The van der Waals surface area contributed by atoms with Crippen molar-refractivity contribution in [1.29, 1.82) is 0 Å². The monoisotopic (exact) mass is 217 g/mol. The van der Waals surface area contributed by atoms with Gasteiger partial charge in [-0.15, -0.1) is 0 Å². The van der Waals surface area contributed by atoms with Crippen molar-refractivity contribution in [1.82, 2.24) is 10.4 Å². The Bertz CT molecular complexity index is 379. The standard InChI is InChI=1S/C12H15N3O/c16-12(10-6-8-13-9-7-10)15-14-11-4-2-1-3-5-11/h6-9H,1-5H2,(H,15,16). The van der Waals surface area contributed by atoms with E-state index in [1.165, 1.54) is 19.3 Å². The van der Waals surface area contributed by atoms with Gasteiger partial charge in [0.15, 0.2) is 0 Å². The van der Waals surface area contributed by atoms with Crippen LogP contribution in [-0.4, -0.2) is 16.6 Å². The molecule has 1 fully saturated rings. The van der Waals surface area contributed by atoms with Crippen LogP contribution in [0.25, 0.3) is 0 Å². The highest BCUT2D eigenvalue weighted by Gasteiger charge is 2.08. The molecule has 16 heavy (non-hydrogen) atoms. The van der Waals surface area contributed by atoms with Gasteiger partial charge in [-0.3, -0.25) is 9.78 Å². The Balaban J connectivity index is 1.92. The van der Waals surface area contributed by atoms with Gasteiger partial charge in [-0.05, 0) is 37.8 Å². The molecule has 1 heterocycles. The maximum absolute atomic E-state index is 11.6. The van der Waals surface area contributed by atoms with Crippen LogP contribution in [0.5, 0.6) is 0 Å². The second kappa shape index (κ2) is 5.39. The fraction of sp³-hybridized carbons (Fsp3) is 0.417. The number of rotatable bonds is 2. The summed E-state index contributed by atoms with van der Waals surface area (Å²) in [6, 6.07) is 3.35. The number of hydrazone groups is 1. The second-order valence-electron chi connectivity index (χ2n) is 3.92. The minimum Gasteiger partial charge on any atom is -0.267 e. The van der Waals surface area contributed by atoms with Gasteiger partial charge in [0.1, 0.15) is 0 Å². The zero-order valence-corrected chi connectivity index (χ0v) is 9.15. The first kappa shape index (κ1) is 10.8. The van der Waals surface area contributed by atoms with Crippen molar-refractivity contribution >= 4 is 11.6 Å². The summed E-state index contributed by atoms with van der Waals surface area (Å²) in [4.78, 5) is 15.5. The van der Waals surface area contributed by atoms with E-state index in [2.05, 4.69) is 15.5 Å². The molecule has 0 bridgehead atoms.